The molecule has 1 aliphatic heterocycles. The number of ether oxygens (including phenoxy) is 3. The molecule has 10 heteroatoms. The van der Waals surface area contributed by atoms with Gasteiger partial charge < -0.3 is 24.5 Å². The molecular formula is C27H33N5O5. The zero-order chi connectivity index (χ0) is 26.7. The predicted molar refractivity (Wildman–Crippen MR) is 140 cm³/mol. The van der Waals surface area contributed by atoms with Crippen molar-refractivity contribution in [1.82, 2.24) is 14.5 Å². The highest BCUT2D eigenvalue weighted by Gasteiger charge is 2.37. The SMILES string of the molecule is CC(C)(C)OC(=O)N(C(=O)OC(C)(C)C)c1ncnc2c1c(-c1ccc(N)c3c1CCO3)cn2C1CC1. The van der Waals surface area contributed by atoms with Crippen LogP contribution in [0.4, 0.5) is 21.1 Å². The van der Waals surface area contributed by atoms with E-state index < -0.39 is 23.4 Å². The maximum Gasteiger partial charge on any atom is 0.425 e. The van der Waals surface area contributed by atoms with Crippen LogP contribution in [0.2, 0.25) is 0 Å². The highest BCUT2D eigenvalue weighted by atomic mass is 16.6. The van der Waals surface area contributed by atoms with Crippen molar-refractivity contribution in [1.29, 1.82) is 0 Å². The lowest BCUT2D eigenvalue weighted by Crippen LogP contribution is -2.44. The quantitative estimate of drug-likeness (QED) is 0.453. The van der Waals surface area contributed by atoms with Gasteiger partial charge in [0.25, 0.3) is 0 Å². The van der Waals surface area contributed by atoms with Crippen LogP contribution in [0.15, 0.2) is 24.7 Å². The van der Waals surface area contributed by atoms with Gasteiger partial charge in [0.05, 0.1) is 17.7 Å². The van der Waals surface area contributed by atoms with Gasteiger partial charge in [0.2, 0.25) is 0 Å². The average molecular weight is 508 g/mol. The van der Waals surface area contributed by atoms with Crippen LogP contribution >= 0.6 is 0 Å². The molecule has 1 aliphatic carbocycles. The van der Waals surface area contributed by atoms with Gasteiger partial charge in [-0.05, 0) is 66.0 Å². The maximum absolute atomic E-state index is 13.5. The second-order valence-corrected chi connectivity index (χ2v) is 11.5. The Kier molecular flexibility index (Phi) is 5.80. The molecule has 3 heterocycles. The van der Waals surface area contributed by atoms with E-state index in [1.165, 1.54) is 6.33 Å². The van der Waals surface area contributed by atoms with Crippen molar-refractivity contribution < 1.29 is 23.8 Å². The van der Waals surface area contributed by atoms with Crippen molar-refractivity contribution in [3.05, 3.63) is 30.2 Å². The van der Waals surface area contributed by atoms with Crippen LogP contribution < -0.4 is 15.4 Å². The smallest absolute Gasteiger partial charge is 0.425 e. The molecule has 0 unspecified atom stereocenters. The van der Waals surface area contributed by atoms with E-state index in [9.17, 15) is 9.59 Å². The number of amides is 2. The van der Waals surface area contributed by atoms with Crippen molar-refractivity contribution in [2.75, 3.05) is 17.2 Å². The molecule has 0 spiro atoms. The van der Waals surface area contributed by atoms with Crippen LogP contribution in [0.3, 0.4) is 0 Å². The lowest BCUT2D eigenvalue weighted by Gasteiger charge is -2.28. The van der Waals surface area contributed by atoms with Gasteiger partial charge in [-0.3, -0.25) is 0 Å². The number of anilines is 2. The summed E-state index contributed by atoms with van der Waals surface area (Å²) in [6.07, 6.45) is 4.36. The number of nitrogens with two attached hydrogens (primary N) is 1. The highest BCUT2D eigenvalue weighted by molar-refractivity contribution is 6.16. The second kappa shape index (κ2) is 8.64. The van der Waals surface area contributed by atoms with Gasteiger partial charge in [0.15, 0.2) is 5.82 Å². The van der Waals surface area contributed by atoms with Crippen LogP contribution in [0, 0.1) is 0 Å². The maximum atomic E-state index is 13.5. The fourth-order valence-electron chi connectivity index (χ4n) is 4.51. The summed E-state index contributed by atoms with van der Waals surface area (Å²) in [6.45, 7) is 10.9. The minimum absolute atomic E-state index is 0.104. The molecule has 2 N–H and O–H groups in total. The summed E-state index contributed by atoms with van der Waals surface area (Å²) in [4.78, 5) is 36.8. The fraction of sp³-hybridized carbons (Fsp3) is 0.481. The molecule has 2 aromatic heterocycles. The van der Waals surface area contributed by atoms with Crippen molar-refractivity contribution in [2.45, 2.75) is 78.0 Å². The standard InChI is InChI=1S/C27H33N5O5/c1-26(2,3)36-24(33)32(25(34)37-27(4,5)6)23-20-18(13-31(15-7-8-15)22(20)29-14-30-23)16-9-10-19(28)21-17(16)11-12-35-21/h9-10,13-15H,7-8,11-12,28H2,1-6H3. The number of benzene rings is 1. The molecule has 37 heavy (non-hydrogen) atoms. The molecule has 196 valence electrons. The minimum atomic E-state index is -0.877. The Balaban J connectivity index is 1.75. The zero-order valence-electron chi connectivity index (χ0n) is 22.1. The Morgan fingerprint density at radius 1 is 1.03 bits per heavy atom. The monoisotopic (exact) mass is 507 g/mol. The average Bonchev–Trinajstić information content (AvgIpc) is 3.34. The van der Waals surface area contributed by atoms with Gasteiger partial charge in [0, 0.05) is 29.8 Å². The second-order valence-electron chi connectivity index (χ2n) is 11.5. The van der Waals surface area contributed by atoms with Gasteiger partial charge in [-0.25, -0.2) is 19.6 Å². The van der Waals surface area contributed by atoms with Crippen LogP contribution in [0.5, 0.6) is 5.75 Å². The summed E-state index contributed by atoms with van der Waals surface area (Å²) in [5.41, 5.74) is 8.36. The topological polar surface area (TPSA) is 122 Å². The van der Waals surface area contributed by atoms with E-state index in [0.29, 0.717) is 35.5 Å². The van der Waals surface area contributed by atoms with Crippen LogP contribution in [-0.4, -0.2) is 44.5 Å². The van der Waals surface area contributed by atoms with E-state index >= 15 is 0 Å². The number of hydrogen-bond donors (Lipinski definition) is 1. The first kappa shape index (κ1) is 24.9. The van der Waals surface area contributed by atoms with Gasteiger partial charge in [-0.15, -0.1) is 0 Å². The summed E-state index contributed by atoms with van der Waals surface area (Å²) in [5, 5.41) is 0.560. The molecule has 0 atom stereocenters. The molecule has 3 aromatic rings. The highest BCUT2D eigenvalue weighted by Crippen LogP contribution is 2.46. The molecule has 1 aromatic carbocycles. The number of fused-ring (bicyclic) bond motifs is 2. The summed E-state index contributed by atoms with van der Waals surface area (Å²) >= 11 is 0. The normalized spacial score (nSPS) is 15.3. The first-order chi connectivity index (χ1) is 17.3. The third-order valence-corrected chi connectivity index (χ3v) is 6.07. The molecule has 1 fully saturated rings. The molecular weight excluding hydrogens is 474 g/mol. The van der Waals surface area contributed by atoms with E-state index in [-0.39, 0.29) is 11.9 Å². The van der Waals surface area contributed by atoms with Crippen molar-refractivity contribution in [3.63, 3.8) is 0 Å². The largest absolute Gasteiger partial charge is 0.491 e. The zero-order valence-corrected chi connectivity index (χ0v) is 22.1. The first-order valence-electron chi connectivity index (χ1n) is 12.5. The van der Waals surface area contributed by atoms with Crippen molar-refractivity contribution in [2.24, 2.45) is 0 Å². The van der Waals surface area contributed by atoms with E-state index in [0.717, 1.165) is 34.4 Å². The number of carbonyl (C=O) groups is 2. The van der Waals surface area contributed by atoms with Gasteiger partial charge >= 0.3 is 12.2 Å². The first-order valence-corrected chi connectivity index (χ1v) is 12.5. The van der Waals surface area contributed by atoms with Crippen LogP contribution in [0.25, 0.3) is 22.2 Å². The number of nitrogens with zero attached hydrogens (tertiary/aromatic N) is 4. The number of rotatable bonds is 3. The van der Waals surface area contributed by atoms with E-state index in [1.54, 1.807) is 41.5 Å². The molecule has 0 saturated heterocycles. The molecule has 10 nitrogen and oxygen atoms in total. The molecule has 0 bridgehead atoms. The summed E-state index contributed by atoms with van der Waals surface area (Å²) in [6, 6.07) is 4.04. The third kappa shape index (κ3) is 4.80. The van der Waals surface area contributed by atoms with E-state index in [1.807, 2.05) is 18.3 Å². The lowest BCUT2D eigenvalue weighted by atomic mass is 9.97. The van der Waals surface area contributed by atoms with Gasteiger partial charge in [0.1, 0.15) is 28.9 Å². The molecule has 0 radical (unpaired) electrons. The summed E-state index contributed by atoms with van der Waals surface area (Å²) < 4.78 is 19.2. The Labute approximate surface area is 215 Å². The summed E-state index contributed by atoms with van der Waals surface area (Å²) in [5.74, 6) is 0.770. The fourth-order valence-corrected chi connectivity index (χ4v) is 4.51. The Bertz CT molecular complexity index is 1370. The minimum Gasteiger partial charge on any atom is -0.491 e. The van der Waals surface area contributed by atoms with Gasteiger partial charge in [-0.1, -0.05) is 6.07 Å². The predicted octanol–water partition coefficient (Wildman–Crippen LogP) is 5.63. The molecule has 5 rings (SSSR count). The number of hydrogen-bond acceptors (Lipinski definition) is 8. The summed E-state index contributed by atoms with van der Waals surface area (Å²) in [7, 11) is 0. The number of carbonyl (C=O) groups excluding carboxylic acids is 2. The van der Waals surface area contributed by atoms with Crippen molar-refractivity contribution in [3.8, 4) is 16.9 Å². The number of nitrogen functional groups attached to an aromatic ring is 1. The van der Waals surface area contributed by atoms with Crippen molar-refractivity contribution >= 4 is 34.7 Å². The lowest BCUT2D eigenvalue weighted by molar-refractivity contribution is 0.0429. The molecule has 1 saturated carbocycles. The van der Waals surface area contributed by atoms with Crippen LogP contribution in [-0.2, 0) is 15.9 Å². The molecule has 2 aliphatic rings. The number of imide groups is 1. The number of aromatic nitrogens is 3. The Morgan fingerprint density at radius 3 is 2.27 bits per heavy atom. The third-order valence-electron chi connectivity index (χ3n) is 6.07. The van der Waals surface area contributed by atoms with E-state index in [2.05, 4.69) is 14.5 Å². The Hall–Kier alpha value is -3.82. The Morgan fingerprint density at radius 2 is 1.68 bits per heavy atom. The van der Waals surface area contributed by atoms with Gasteiger partial charge in [-0.2, -0.15) is 4.90 Å². The van der Waals surface area contributed by atoms with E-state index in [4.69, 9.17) is 19.9 Å². The molecule has 2 amide bonds. The van der Waals surface area contributed by atoms with Crippen LogP contribution in [0.1, 0.15) is 66.0 Å².